The highest BCUT2D eigenvalue weighted by molar-refractivity contribution is 5.85. The van der Waals surface area contributed by atoms with E-state index in [1.54, 1.807) is 14.2 Å². The third kappa shape index (κ3) is 3.86. The van der Waals surface area contributed by atoms with Crippen molar-refractivity contribution in [3.05, 3.63) is 71.4 Å². The third-order valence-corrected chi connectivity index (χ3v) is 4.70. The third-order valence-electron chi connectivity index (χ3n) is 4.70. The van der Waals surface area contributed by atoms with E-state index in [0.717, 1.165) is 52.3 Å². The highest BCUT2D eigenvalue weighted by Gasteiger charge is 2.08. The Morgan fingerprint density at radius 1 is 0.889 bits per heavy atom. The average Bonchev–Trinajstić information content (AvgIpc) is 3.26. The zero-order chi connectivity index (χ0) is 18.6. The molecule has 1 N–H and O–H groups in total. The first-order valence-corrected chi connectivity index (χ1v) is 8.97. The van der Waals surface area contributed by atoms with Crippen LogP contribution in [0.3, 0.4) is 0 Å². The van der Waals surface area contributed by atoms with Crippen LogP contribution in [0.4, 0.5) is 0 Å². The first-order chi connectivity index (χ1) is 13.2. The zero-order valence-corrected chi connectivity index (χ0v) is 15.5. The maximum Gasteiger partial charge on any atom is 0.123 e. The standard InChI is InChI=1S/C23H22N2O2/c1-26-20-11-17(12-21(14-20)27-2)4-3-16-5-6-18-7-8-22(25-23(18)13-16)19-9-10-24-15-19/h3-9,11-14,24H,10,15H2,1-2H3/b4-3-. The van der Waals surface area contributed by atoms with Crippen LogP contribution in [0.1, 0.15) is 16.8 Å². The van der Waals surface area contributed by atoms with Crippen LogP contribution in [0.15, 0.2) is 54.6 Å². The van der Waals surface area contributed by atoms with Gasteiger partial charge in [0.1, 0.15) is 11.5 Å². The SMILES string of the molecule is COc1cc(/C=C\c2ccc3ccc(C4=CCNC4)nc3c2)cc(OC)c1. The quantitative estimate of drug-likeness (QED) is 0.686. The molecule has 27 heavy (non-hydrogen) atoms. The minimum Gasteiger partial charge on any atom is -0.497 e. The van der Waals surface area contributed by atoms with E-state index in [4.69, 9.17) is 14.5 Å². The lowest BCUT2D eigenvalue weighted by Gasteiger charge is -2.06. The minimum atomic E-state index is 0.775. The minimum absolute atomic E-state index is 0.775. The molecule has 0 atom stereocenters. The monoisotopic (exact) mass is 358 g/mol. The van der Waals surface area contributed by atoms with Gasteiger partial charge in [0.25, 0.3) is 0 Å². The summed E-state index contributed by atoms with van der Waals surface area (Å²) in [6.45, 7) is 1.80. The Hall–Kier alpha value is -3.11. The first-order valence-electron chi connectivity index (χ1n) is 8.97. The van der Waals surface area contributed by atoms with Crippen molar-refractivity contribution in [1.29, 1.82) is 0 Å². The van der Waals surface area contributed by atoms with Crippen LogP contribution in [0.25, 0.3) is 28.6 Å². The van der Waals surface area contributed by atoms with E-state index in [1.165, 1.54) is 5.57 Å². The summed E-state index contributed by atoms with van der Waals surface area (Å²) in [5.74, 6) is 1.55. The van der Waals surface area contributed by atoms with Crippen LogP contribution in [0.5, 0.6) is 11.5 Å². The molecular formula is C23H22N2O2. The molecule has 0 spiro atoms. The van der Waals surface area contributed by atoms with E-state index in [1.807, 2.05) is 18.2 Å². The normalized spacial score (nSPS) is 13.9. The van der Waals surface area contributed by atoms with Gasteiger partial charge in [0.2, 0.25) is 0 Å². The number of hydrogen-bond acceptors (Lipinski definition) is 4. The predicted molar refractivity (Wildman–Crippen MR) is 111 cm³/mol. The number of methoxy groups -OCH3 is 2. The average molecular weight is 358 g/mol. The predicted octanol–water partition coefficient (Wildman–Crippen LogP) is 4.41. The second-order valence-electron chi connectivity index (χ2n) is 6.49. The van der Waals surface area contributed by atoms with Gasteiger partial charge in [-0.3, -0.25) is 0 Å². The van der Waals surface area contributed by atoms with Crippen LogP contribution in [0, 0.1) is 0 Å². The van der Waals surface area contributed by atoms with E-state index in [2.05, 4.69) is 53.9 Å². The Morgan fingerprint density at radius 3 is 2.33 bits per heavy atom. The molecule has 2 heterocycles. The van der Waals surface area contributed by atoms with Crippen molar-refractivity contribution >= 4 is 28.6 Å². The summed E-state index contributed by atoms with van der Waals surface area (Å²) in [4.78, 5) is 4.85. The number of nitrogens with zero attached hydrogens (tertiary/aromatic N) is 1. The number of benzene rings is 2. The molecule has 0 amide bonds. The molecule has 1 aromatic heterocycles. The van der Waals surface area contributed by atoms with Gasteiger partial charge < -0.3 is 14.8 Å². The van der Waals surface area contributed by atoms with Gasteiger partial charge in [-0.2, -0.15) is 0 Å². The van der Waals surface area contributed by atoms with Gasteiger partial charge >= 0.3 is 0 Å². The molecule has 0 fully saturated rings. The fraction of sp³-hybridized carbons (Fsp3) is 0.174. The summed E-state index contributed by atoms with van der Waals surface area (Å²) in [6, 6.07) is 16.4. The van der Waals surface area contributed by atoms with Gasteiger partial charge in [0, 0.05) is 24.5 Å². The topological polar surface area (TPSA) is 43.4 Å². The molecule has 1 aliphatic rings. The molecule has 0 saturated carbocycles. The molecule has 0 unspecified atom stereocenters. The van der Waals surface area contributed by atoms with Crippen molar-refractivity contribution in [2.45, 2.75) is 0 Å². The molecular weight excluding hydrogens is 336 g/mol. The van der Waals surface area contributed by atoms with E-state index in [0.29, 0.717) is 0 Å². The van der Waals surface area contributed by atoms with Gasteiger partial charge in [-0.1, -0.05) is 36.4 Å². The molecule has 4 rings (SSSR count). The number of nitrogens with one attached hydrogen (secondary N) is 1. The summed E-state index contributed by atoms with van der Waals surface area (Å²) >= 11 is 0. The molecule has 4 heteroatoms. The Bertz CT molecular complexity index is 1020. The number of ether oxygens (including phenoxy) is 2. The maximum absolute atomic E-state index is 5.33. The summed E-state index contributed by atoms with van der Waals surface area (Å²) < 4.78 is 10.7. The Labute approximate surface area is 159 Å². The highest BCUT2D eigenvalue weighted by Crippen LogP contribution is 2.25. The van der Waals surface area contributed by atoms with Gasteiger partial charge in [-0.15, -0.1) is 0 Å². The van der Waals surface area contributed by atoms with Crippen molar-refractivity contribution in [3.63, 3.8) is 0 Å². The van der Waals surface area contributed by atoms with E-state index in [-0.39, 0.29) is 0 Å². The second-order valence-corrected chi connectivity index (χ2v) is 6.49. The van der Waals surface area contributed by atoms with Crippen molar-refractivity contribution in [2.24, 2.45) is 0 Å². The fourth-order valence-corrected chi connectivity index (χ4v) is 3.20. The van der Waals surface area contributed by atoms with Gasteiger partial charge in [0.05, 0.1) is 25.4 Å². The van der Waals surface area contributed by atoms with Crippen molar-refractivity contribution in [3.8, 4) is 11.5 Å². The smallest absolute Gasteiger partial charge is 0.123 e. The van der Waals surface area contributed by atoms with E-state index < -0.39 is 0 Å². The molecule has 0 bridgehead atoms. The molecule has 0 radical (unpaired) electrons. The molecule has 0 saturated heterocycles. The largest absolute Gasteiger partial charge is 0.497 e. The van der Waals surface area contributed by atoms with Crippen molar-refractivity contribution in [1.82, 2.24) is 10.3 Å². The van der Waals surface area contributed by atoms with Gasteiger partial charge in [-0.25, -0.2) is 4.98 Å². The fourth-order valence-electron chi connectivity index (χ4n) is 3.20. The number of rotatable bonds is 5. The number of hydrogen-bond donors (Lipinski definition) is 1. The summed E-state index contributed by atoms with van der Waals surface area (Å²) in [5, 5.41) is 4.47. The lowest BCUT2D eigenvalue weighted by Crippen LogP contribution is -2.08. The summed E-state index contributed by atoms with van der Waals surface area (Å²) in [6.07, 6.45) is 6.34. The number of fused-ring (bicyclic) bond motifs is 1. The van der Waals surface area contributed by atoms with Crippen molar-refractivity contribution < 1.29 is 9.47 Å². The molecule has 2 aromatic carbocycles. The van der Waals surface area contributed by atoms with Crippen LogP contribution >= 0.6 is 0 Å². The lowest BCUT2D eigenvalue weighted by molar-refractivity contribution is 0.394. The molecule has 136 valence electrons. The van der Waals surface area contributed by atoms with E-state index in [9.17, 15) is 0 Å². The molecule has 3 aromatic rings. The Balaban J connectivity index is 1.64. The van der Waals surface area contributed by atoms with Crippen LogP contribution in [0.2, 0.25) is 0 Å². The highest BCUT2D eigenvalue weighted by atomic mass is 16.5. The van der Waals surface area contributed by atoms with Crippen LogP contribution in [-0.2, 0) is 0 Å². The first kappa shape index (κ1) is 17.3. The van der Waals surface area contributed by atoms with Crippen LogP contribution < -0.4 is 14.8 Å². The molecule has 0 aliphatic carbocycles. The Morgan fingerprint density at radius 2 is 1.63 bits per heavy atom. The number of aromatic nitrogens is 1. The van der Waals surface area contributed by atoms with Crippen LogP contribution in [-0.4, -0.2) is 32.3 Å². The zero-order valence-electron chi connectivity index (χ0n) is 15.5. The summed E-state index contributed by atoms with van der Waals surface area (Å²) in [7, 11) is 3.31. The second kappa shape index (κ2) is 7.64. The Kier molecular flexibility index (Phi) is 4.90. The number of pyridine rings is 1. The maximum atomic E-state index is 5.33. The van der Waals surface area contributed by atoms with E-state index >= 15 is 0 Å². The van der Waals surface area contributed by atoms with Crippen molar-refractivity contribution in [2.75, 3.05) is 27.3 Å². The molecule has 1 aliphatic heterocycles. The van der Waals surface area contributed by atoms with Gasteiger partial charge in [0.15, 0.2) is 0 Å². The molecule has 4 nitrogen and oxygen atoms in total. The summed E-state index contributed by atoms with van der Waals surface area (Å²) in [5.41, 5.74) is 5.45. The van der Waals surface area contributed by atoms with Gasteiger partial charge in [-0.05, 0) is 41.0 Å². The lowest BCUT2D eigenvalue weighted by atomic mass is 10.1.